The summed E-state index contributed by atoms with van der Waals surface area (Å²) in [4.78, 5) is 26.2. The maximum Gasteiger partial charge on any atom is 0.264 e. The fourth-order valence-corrected chi connectivity index (χ4v) is 5.36. The number of carbonyl (C=O) groups is 1. The summed E-state index contributed by atoms with van der Waals surface area (Å²) in [7, 11) is 1.60. The van der Waals surface area contributed by atoms with Crippen LogP contribution in [0, 0.1) is 12.8 Å². The van der Waals surface area contributed by atoms with Crippen LogP contribution in [-0.4, -0.2) is 29.3 Å². The Morgan fingerprint density at radius 2 is 2.00 bits per heavy atom. The molecule has 1 amide bonds. The molecule has 2 aromatic heterocycles. The third-order valence-corrected chi connectivity index (χ3v) is 7.12. The predicted molar refractivity (Wildman–Crippen MR) is 132 cm³/mol. The van der Waals surface area contributed by atoms with Crippen LogP contribution in [0.25, 0.3) is 21.8 Å². The van der Waals surface area contributed by atoms with Crippen LogP contribution in [0.1, 0.15) is 47.8 Å². The first-order valence-corrected chi connectivity index (χ1v) is 11.9. The van der Waals surface area contributed by atoms with Crippen molar-refractivity contribution < 1.29 is 14.1 Å². The maximum atomic E-state index is 13.6. The number of benzene rings is 2. The molecule has 2 atom stereocenters. The molecule has 2 heterocycles. The smallest absolute Gasteiger partial charge is 0.264 e. The number of fused-ring (bicyclic) bond motifs is 3. The van der Waals surface area contributed by atoms with Crippen LogP contribution in [-0.2, 0) is 0 Å². The lowest BCUT2D eigenvalue weighted by molar-refractivity contribution is 0.0940. The van der Waals surface area contributed by atoms with Gasteiger partial charge in [-0.1, -0.05) is 29.2 Å². The van der Waals surface area contributed by atoms with Gasteiger partial charge in [-0.3, -0.25) is 9.59 Å². The van der Waals surface area contributed by atoms with E-state index in [1.807, 2.05) is 16.7 Å². The molecule has 0 aliphatic heterocycles. The van der Waals surface area contributed by atoms with Gasteiger partial charge in [0.2, 0.25) is 0 Å². The van der Waals surface area contributed by atoms with Crippen molar-refractivity contribution in [3.05, 3.63) is 69.2 Å². The summed E-state index contributed by atoms with van der Waals surface area (Å²) >= 11 is 6.55. The normalized spacial score (nSPS) is 18.3. The number of aryl methyl sites for hydroxylation is 1. The minimum Gasteiger partial charge on any atom is -0.497 e. The Balaban J connectivity index is 1.41. The van der Waals surface area contributed by atoms with E-state index >= 15 is 0 Å². The van der Waals surface area contributed by atoms with Gasteiger partial charge in [-0.05, 0) is 68.5 Å². The lowest BCUT2D eigenvalue weighted by Gasteiger charge is -2.31. The number of rotatable bonds is 5. The topological polar surface area (TPSA) is 86.4 Å². The third kappa shape index (κ3) is 3.94. The van der Waals surface area contributed by atoms with Crippen molar-refractivity contribution in [2.75, 3.05) is 13.7 Å². The number of carbonyl (C=O) groups excluding carboxylic acids is 1. The molecule has 0 saturated heterocycles. The van der Waals surface area contributed by atoms with Crippen molar-refractivity contribution in [1.82, 2.24) is 15.0 Å². The molecule has 1 N–H and O–H groups in total. The molecule has 8 heteroatoms. The summed E-state index contributed by atoms with van der Waals surface area (Å²) < 4.78 is 12.4. The predicted octanol–water partition coefficient (Wildman–Crippen LogP) is 5.27. The van der Waals surface area contributed by atoms with Gasteiger partial charge in [-0.2, -0.15) is 0 Å². The Kier molecular flexibility index (Phi) is 6.04. The van der Waals surface area contributed by atoms with Gasteiger partial charge in [0.05, 0.1) is 17.6 Å². The molecule has 0 radical (unpaired) electrons. The number of nitrogens with zero attached hydrogens (tertiary/aromatic N) is 2. The van der Waals surface area contributed by atoms with Gasteiger partial charge in [0.1, 0.15) is 22.4 Å². The van der Waals surface area contributed by atoms with Gasteiger partial charge >= 0.3 is 0 Å². The van der Waals surface area contributed by atoms with E-state index in [0.717, 1.165) is 36.6 Å². The highest BCUT2D eigenvalue weighted by Gasteiger charge is 2.28. The molecular formula is C26H26ClN3O4. The van der Waals surface area contributed by atoms with Gasteiger partial charge in [0.15, 0.2) is 0 Å². The van der Waals surface area contributed by atoms with Crippen LogP contribution in [0.2, 0.25) is 5.02 Å². The molecule has 34 heavy (non-hydrogen) atoms. The first-order chi connectivity index (χ1) is 16.5. The molecule has 1 fully saturated rings. The number of halogens is 1. The molecular weight excluding hydrogens is 454 g/mol. The third-order valence-electron chi connectivity index (χ3n) is 6.81. The van der Waals surface area contributed by atoms with Gasteiger partial charge < -0.3 is 19.1 Å². The highest BCUT2D eigenvalue weighted by atomic mass is 35.5. The Morgan fingerprint density at radius 1 is 1.21 bits per heavy atom. The zero-order valence-corrected chi connectivity index (χ0v) is 19.9. The minimum atomic E-state index is -0.110. The fraction of sp³-hybridized carbons (Fsp3) is 0.346. The standard InChI is InChI=1S/C26H26ClN3O4/c1-15-22-24(29-34-15)23-20(27)7-4-8-21(23)30(26(22)32)18-6-3-5-16(13-18)14-28-25(31)17-9-11-19(33-2)12-10-17/h4,7-12,16,18H,3,5-6,13-14H2,1-2H3,(H,28,31). The fourth-order valence-electron chi connectivity index (χ4n) is 5.10. The summed E-state index contributed by atoms with van der Waals surface area (Å²) in [6, 6.07) is 12.6. The Labute approximate surface area is 201 Å². The second kappa shape index (κ2) is 9.14. The summed E-state index contributed by atoms with van der Waals surface area (Å²) in [6.45, 7) is 2.31. The molecule has 0 spiro atoms. The number of hydrogen-bond donors (Lipinski definition) is 1. The summed E-state index contributed by atoms with van der Waals surface area (Å²) in [6.07, 6.45) is 3.66. The molecule has 1 aliphatic carbocycles. The number of methoxy groups -OCH3 is 1. The van der Waals surface area contributed by atoms with Crippen LogP contribution < -0.4 is 15.6 Å². The van der Waals surface area contributed by atoms with Crippen molar-refractivity contribution >= 4 is 39.3 Å². The van der Waals surface area contributed by atoms with Gasteiger partial charge in [-0.15, -0.1) is 0 Å². The van der Waals surface area contributed by atoms with Gasteiger partial charge in [-0.25, -0.2) is 0 Å². The first-order valence-electron chi connectivity index (χ1n) is 11.5. The SMILES string of the molecule is COc1ccc(C(=O)NCC2CCCC(n3c(=O)c4c(C)onc4c4c(Cl)cccc43)C2)cc1. The quantitative estimate of drug-likeness (QED) is 0.421. The first kappa shape index (κ1) is 22.5. The van der Waals surface area contributed by atoms with Crippen LogP contribution in [0.5, 0.6) is 5.75 Å². The molecule has 2 unspecified atom stereocenters. The largest absolute Gasteiger partial charge is 0.497 e. The van der Waals surface area contributed by atoms with Gasteiger partial charge in [0, 0.05) is 23.5 Å². The molecule has 1 aliphatic rings. The Morgan fingerprint density at radius 3 is 2.76 bits per heavy atom. The van der Waals surface area contributed by atoms with Crippen molar-refractivity contribution in [3.8, 4) is 5.75 Å². The summed E-state index contributed by atoms with van der Waals surface area (Å²) in [5.41, 5.74) is 1.78. The number of hydrogen-bond acceptors (Lipinski definition) is 5. The van der Waals surface area contributed by atoms with Crippen LogP contribution in [0.15, 0.2) is 51.8 Å². The van der Waals surface area contributed by atoms with Crippen molar-refractivity contribution in [3.63, 3.8) is 0 Å². The van der Waals surface area contributed by atoms with Crippen LogP contribution in [0.4, 0.5) is 0 Å². The van der Waals surface area contributed by atoms with E-state index in [1.165, 1.54) is 0 Å². The van der Waals surface area contributed by atoms with E-state index in [2.05, 4.69) is 10.5 Å². The summed E-state index contributed by atoms with van der Waals surface area (Å²) in [5, 5.41) is 8.96. The van der Waals surface area contributed by atoms with E-state index in [9.17, 15) is 9.59 Å². The number of ether oxygens (including phenoxy) is 1. The highest BCUT2D eigenvalue weighted by molar-refractivity contribution is 6.37. The maximum absolute atomic E-state index is 13.6. The second-order valence-corrected chi connectivity index (χ2v) is 9.30. The van der Waals surface area contributed by atoms with E-state index in [-0.39, 0.29) is 23.4 Å². The zero-order chi connectivity index (χ0) is 23.8. The lowest BCUT2D eigenvalue weighted by Crippen LogP contribution is -2.34. The van der Waals surface area contributed by atoms with E-state index in [4.69, 9.17) is 20.9 Å². The number of pyridine rings is 1. The van der Waals surface area contributed by atoms with Crippen molar-refractivity contribution in [2.24, 2.45) is 5.92 Å². The second-order valence-electron chi connectivity index (χ2n) is 8.90. The average molecular weight is 480 g/mol. The number of nitrogens with one attached hydrogen (secondary N) is 1. The molecule has 0 bridgehead atoms. The van der Waals surface area contributed by atoms with Gasteiger partial charge in [0.25, 0.3) is 11.5 Å². The number of aromatic nitrogens is 2. The van der Waals surface area contributed by atoms with Crippen LogP contribution in [0.3, 0.4) is 0 Å². The van der Waals surface area contributed by atoms with E-state index < -0.39 is 0 Å². The molecule has 5 rings (SSSR count). The minimum absolute atomic E-state index is 0.00352. The Bertz CT molecular complexity index is 1420. The zero-order valence-electron chi connectivity index (χ0n) is 19.1. The lowest BCUT2D eigenvalue weighted by atomic mass is 9.85. The molecule has 176 valence electrons. The summed E-state index contributed by atoms with van der Waals surface area (Å²) in [5.74, 6) is 1.36. The highest BCUT2D eigenvalue weighted by Crippen LogP contribution is 2.36. The van der Waals surface area contributed by atoms with E-state index in [0.29, 0.717) is 39.5 Å². The Hall–Kier alpha value is -3.32. The van der Waals surface area contributed by atoms with Crippen molar-refractivity contribution in [1.29, 1.82) is 0 Å². The molecule has 4 aromatic rings. The average Bonchev–Trinajstić information content (AvgIpc) is 3.24. The van der Waals surface area contributed by atoms with Crippen molar-refractivity contribution in [2.45, 2.75) is 38.6 Å². The van der Waals surface area contributed by atoms with E-state index in [1.54, 1.807) is 44.4 Å². The number of amides is 1. The van der Waals surface area contributed by atoms with Crippen LogP contribution >= 0.6 is 11.6 Å². The molecule has 1 saturated carbocycles. The molecule has 7 nitrogen and oxygen atoms in total. The monoisotopic (exact) mass is 479 g/mol. The molecule has 2 aromatic carbocycles.